The zero-order chi connectivity index (χ0) is 19.2. The van der Waals surface area contributed by atoms with Gasteiger partial charge in [-0.15, -0.1) is 0 Å². The molecule has 0 aromatic rings. The molecular weight excluding hydrogens is 328 g/mol. The van der Waals surface area contributed by atoms with Crippen molar-refractivity contribution in [2.45, 2.75) is 72.1 Å². The predicted molar refractivity (Wildman–Crippen MR) is 105 cm³/mol. The van der Waals surface area contributed by atoms with E-state index in [2.05, 4.69) is 13.8 Å². The smallest absolute Gasteiger partial charge is 0.338 e. The fourth-order valence-electron chi connectivity index (χ4n) is 2.80. The van der Waals surface area contributed by atoms with Crippen LogP contribution in [0.3, 0.4) is 0 Å². The Bertz CT molecular complexity index is 528. The standard InChI is InChI=1S/C22H34O4/c1-4-7-9-11-15-25-21(23)19-13-14-20(18(6-3)17-19)22(24)26-16-12-10-8-5-2/h6,13-14,17,20H,4-5,7-12,15-16H2,1-3H3. The average molecular weight is 363 g/mol. The topological polar surface area (TPSA) is 52.6 Å². The van der Waals surface area contributed by atoms with Crippen LogP contribution in [-0.4, -0.2) is 25.2 Å². The van der Waals surface area contributed by atoms with E-state index in [0.29, 0.717) is 18.8 Å². The van der Waals surface area contributed by atoms with E-state index in [4.69, 9.17) is 9.47 Å². The molecule has 1 aliphatic carbocycles. The highest BCUT2D eigenvalue weighted by atomic mass is 16.5. The van der Waals surface area contributed by atoms with Crippen LogP contribution in [0.2, 0.25) is 0 Å². The van der Waals surface area contributed by atoms with Gasteiger partial charge in [0.2, 0.25) is 0 Å². The summed E-state index contributed by atoms with van der Waals surface area (Å²) in [5.41, 5.74) is 1.27. The zero-order valence-corrected chi connectivity index (χ0v) is 16.6. The van der Waals surface area contributed by atoms with Gasteiger partial charge in [-0.05, 0) is 31.4 Å². The molecule has 1 atom stereocenters. The maximum absolute atomic E-state index is 12.3. The Hall–Kier alpha value is -1.84. The fraction of sp³-hybridized carbons (Fsp3) is 0.636. The quantitative estimate of drug-likeness (QED) is 0.349. The zero-order valence-electron chi connectivity index (χ0n) is 16.6. The highest BCUT2D eigenvalue weighted by molar-refractivity contribution is 5.94. The number of hydrogen-bond acceptors (Lipinski definition) is 4. The summed E-state index contributed by atoms with van der Waals surface area (Å²) >= 11 is 0. The summed E-state index contributed by atoms with van der Waals surface area (Å²) < 4.78 is 10.7. The molecule has 146 valence electrons. The van der Waals surface area contributed by atoms with Crippen molar-refractivity contribution in [3.8, 4) is 0 Å². The van der Waals surface area contributed by atoms with E-state index in [9.17, 15) is 9.59 Å². The number of unbranched alkanes of at least 4 members (excludes halogenated alkanes) is 6. The predicted octanol–water partition coefficient (Wildman–Crippen LogP) is 5.29. The number of esters is 2. The lowest BCUT2D eigenvalue weighted by Crippen LogP contribution is -2.21. The lowest BCUT2D eigenvalue weighted by molar-refractivity contribution is -0.146. The lowest BCUT2D eigenvalue weighted by Gasteiger charge is -2.18. The number of allylic oxidation sites excluding steroid dienone is 2. The van der Waals surface area contributed by atoms with Gasteiger partial charge in [0.1, 0.15) is 0 Å². The minimum absolute atomic E-state index is 0.255. The van der Waals surface area contributed by atoms with E-state index in [1.807, 2.05) is 13.0 Å². The molecule has 0 saturated carbocycles. The van der Waals surface area contributed by atoms with Gasteiger partial charge >= 0.3 is 11.9 Å². The van der Waals surface area contributed by atoms with Gasteiger partial charge in [-0.25, -0.2) is 4.79 Å². The number of carbonyl (C=O) groups excluding carboxylic acids is 2. The Balaban J connectivity index is 2.47. The van der Waals surface area contributed by atoms with Crippen LogP contribution >= 0.6 is 0 Å². The molecule has 26 heavy (non-hydrogen) atoms. The van der Waals surface area contributed by atoms with Gasteiger partial charge < -0.3 is 9.47 Å². The van der Waals surface area contributed by atoms with Crippen molar-refractivity contribution in [3.63, 3.8) is 0 Å². The normalized spacial score (nSPS) is 17.9. The highest BCUT2D eigenvalue weighted by Crippen LogP contribution is 2.24. The summed E-state index contributed by atoms with van der Waals surface area (Å²) in [6.45, 7) is 7.06. The molecule has 1 rings (SSSR count). The van der Waals surface area contributed by atoms with Gasteiger partial charge in [-0.2, -0.15) is 0 Å². The highest BCUT2D eigenvalue weighted by Gasteiger charge is 2.25. The van der Waals surface area contributed by atoms with Crippen molar-refractivity contribution < 1.29 is 19.1 Å². The second-order valence-electron chi connectivity index (χ2n) is 6.65. The van der Waals surface area contributed by atoms with Crippen molar-refractivity contribution in [2.24, 2.45) is 5.92 Å². The number of ether oxygens (including phenoxy) is 2. The van der Waals surface area contributed by atoms with Crippen LogP contribution in [0.25, 0.3) is 0 Å². The molecule has 0 fully saturated rings. The Morgan fingerprint density at radius 2 is 1.58 bits per heavy atom. The molecule has 0 bridgehead atoms. The maximum atomic E-state index is 12.3. The molecule has 4 heteroatoms. The second-order valence-corrected chi connectivity index (χ2v) is 6.65. The van der Waals surface area contributed by atoms with E-state index >= 15 is 0 Å². The van der Waals surface area contributed by atoms with Gasteiger partial charge in [-0.3, -0.25) is 4.79 Å². The van der Waals surface area contributed by atoms with Crippen LogP contribution in [0.15, 0.2) is 35.5 Å². The van der Waals surface area contributed by atoms with Crippen LogP contribution in [0, 0.1) is 5.92 Å². The minimum Gasteiger partial charge on any atom is -0.465 e. The van der Waals surface area contributed by atoms with Gasteiger partial charge in [-0.1, -0.05) is 70.6 Å². The van der Waals surface area contributed by atoms with E-state index in [0.717, 1.165) is 56.9 Å². The third-order valence-electron chi connectivity index (χ3n) is 4.45. The number of hydrogen-bond donors (Lipinski definition) is 0. The van der Waals surface area contributed by atoms with E-state index in [1.165, 1.54) is 0 Å². The maximum Gasteiger partial charge on any atom is 0.338 e. The fourth-order valence-corrected chi connectivity index (χ4v) is 2.80. The lowest BCUT2D eigenvalue weighted by atomic mass is 9.91. The molecule has 0 N–H and O–H groups in total. The second kappa shape index (κ2) is 13.4. The minimum atomic E-state index is -0.438. The summed E-state index contributed by atoms with van der Waals surface area (Å²) in [5.74, 6) is -1.02. The molecular formula is C22H34O4. The molecule has 0 heterocycles. The summed E-state index contributed by atoms with van der Waals surface area (Å²) in [4.78, 5) is 24.4. The summed E-state index contributed by atoms with van der Waals surface area (Å²) in [6, 6.07) is 0. The Kier molecular flexibility index (Phi) is 11.4. The van der Waals surface area contributed by atoms with Gasteiger partial charge in [0.15, 0.2) is 0 Å². The molecule has 0 aromatic carbocycles. The van der Waals surface area contributed by atoms with E-state index in [1.54, 1.807) is 18.2 Å². The number of rotatable bonds is 12. The molecule has 0 aliphatic heterocycles. The Morgan fingerprint density at radius 1 is 0.962 bits per heavy atom. The first kappa shape index (κ1) is 22.2. The SMILES string of the molecule is CC=C1C=C(C(=O)OCCCCCC)C=CC1C(=O)OCCCCCC. The first-order valence-corrected chi connectivity index (χ1v) is 10.0. The molecule has 1 unspecified atom stereocenters. The van der Waals surface area contributed by atoms with Gasteiger partial charge in [0.05, 0.1) is 24.7 Å². The van der Waals surface area contributed by atoms with Crippen LogP contribution in [0.5, 0.6) is 0 Å². The molecule has 0 amide bonds. The van der Waals surface area contributed by atoms with Crippen molar-refractivity contribution in [1.82, 2.24) is 0 Å². The first-order chi connectivity index (χ1) is 12.6. The molecule has 4 nitrogen and oxygen atoms in total. The van der Waals surface area contributed by atoms with Crippen molar-refractivity contribution >= 4 is 11.9 Å². The third kappa shape index (κ3) is 8.03. The number of carbonyl (C=O) groups is 2. The van der Waals surface area contributed by atoms with Crippen LogP contribution in [0.4, 0.5) is 0 Å². The van der Waals surface area contributed by atoms with Gasteiger partial charge in [0, 0.05) is 0 Å². The Labute approximate surface area is 158 Å². The Morgan fingerprint density at radius 3 is 2.15 bits per heavy atom. The van der Waals surface area contributed by atoms with Crippen molar-refractivity contribution in [1.29, 1.82) is 0 Å². The largest absolute Gasteiger partial charge is 0.465 e. The van der Waals surface area contributed by atoms with E-state index in [-0.39, 0.29) is 11.9 Å². The summed E-state index contributed by atoms with van der Waals surface area (Å²) in [5, 5.41) is 0. The molecule has 0 saturated heterocycles. The summed E-state index contributed by atoms with van der Waals surface area (Å²) in [7, 11) is 0. The van der Waals surface area contributed by atoms with Crippen molar-refractivity contribution in [2.75, 3.05) is 13.2 Å². The first-order valence-electron chi connectivity index (χ1n) is 10.0. The average Bonchev–Trinajstić information content (AvgIpc) is 2.66. The van der Waals surface area contributed by atoms with E-state index < -0.39 is 5.92 Å². The van der Waals surface area contributed by atoms with Crippen molar-refractivity contribution in [3.05, 3.63) is 35.5 Å². The van der Waals surface area contributed by atoms with Crippen LogP contribution < -0.4 is 0 Å². The van der Waals surface area contributed by atoms with Crippen LogP contribution in [-0.2, 0) is 19.1 Å². The molecule has 1 aliphatic rings. The summed E-state index contributed by atoms with van der Waals surface area (Å²) in [6.07, 6.45) is 15.6. The van der Waals surface area contributed by atoms with Crippen LogP contribution in [0.1, 0.15) is 72.1 Å². The van der Waals surface area contributed by atoms with Gasteiger partial charge in [0.25, 0.3) is 0 Å². The molecule has 0 radical (unpaired) electrons. The molecule has 0 aromatic heterocycles. The monoisotopic (exact) mass is 362 g/mol. The molecule has 0 spiro atoms. The third-order valence-corrected chi connectivity index (χ3v) is 4.45.